The van der Waals surface area contributed by atoms with Crippen LogP contribution in [0.4, 0.5) is 5.69 Å². The first-order valence-electron chi connectivity index (χ1n) is 19.0. The summed E-state index contributed by atoms with van der Waals surface area (Å²) in [6.45, 7) is 11.0. The number of carbonyl (C=O) groups excluding carboxylic acids is 1. The van der Waals surface area contributed by atoms with Crippen LogP contribution < -0.4 is 14.4 Å². The van der Waals surface area contributed by atoms with Crippen molar-refractivity contribution in [2.45, 2.75) is 93.9 Å². The van der Waals surface area contributed by atoms with E-state index in [-0.39, 0.29) is 22.5 Å². The Balaban J connectivity index is 1.29. The number of ether oxygens (including phenoxy) is 2. The lowest BCUT2D eigenvalue weighted by Gasteiger charge is -2.58. The molecule has 6 atom stereocenters. The fraction of sp³-hybridized carbons (Fsp3) is 0.675. The predicted molar refractivity (Wildman–Crippen MR) is 204 cm³/mol. The van der Waals surface area contributed by atoms with Gasteiger partial charge in [-0.15, -0.1) is 0 Å². The lowest BCUT2D eigenvalue weighted by molar-refractivity contribution is -0.151. The molecule has 11 heteroatoms. The summed E-state index contributed by atoms with van der Waals surface area (Å²) in [6.07, 6.45) is 7.70. The maximum atomic E-state index is 13.6. The molecular weight excluding hydrogens is 684 g/mol. The molecule has 2 fully saturated rings. The minimum absolute atomic E-state index is 0.128. The maximum Gasteiger partial charge on any atom is 0.264 e. The fourth-order valence-corrected chi connectivity index (χ4v) is 11.5. The van der Waals surface area contributed by atoms with E-state index in [0.717, 1.165) is 101 Å². The van der Waals surface area contributed by atoms with Crippen molar-refractivity contribution in [2.75, 3.05) is 65.4 Å². The molecule has 0 unspecified atom stereocenters. The van der Waals surface area contributed by atoms with Crippen LogP contribution in [0.3, 0.4) is 0 Å². The molecule has 9 nitrogen and oxygen atoms in total. The summed E-state index contributed by atoms with van der Waals surface area (Å²) in [7, 11) is 2.31. The molecule has 1 saturated heterocycles. The van der Waals surface area contributed by atoms with E-state index in [0.29, 0.717) is 24.0 Å². The van der Waals surface area contributed by atoms with Crippen molar-refractivity contribution in [3.05, 3.63) is 58.1 Å². The van der Waals surface area contributed by atoms with Crippen LogP contribution in [0.5, 0.6) is 5.75 Å². The third-order valence-corrected chi connectivity index (χ3v) is 15.9. The van der Waals surface area contributed by atoms with E-state index in [9.17, 15) is 13.2 Å². The fourth-order valence-electron chi connectivity index (χ4n) is 9.95. The predicted octanol–water partition coefficient (Wildman–Crippen LogP) is 6.13. The number of nitrogens with one attached hydrogen (secondary N) is 1. The van der Waals surface area contributed by atoms with Gasteiger partial charge in [-0.05, 0) is 132 Å². The molecule has 51 heavy (non-hydrogen) atoms. The Morgan fingerprint density at radius 2 is 1.82 bits per heavy atom. The van der Waals surface area contributed by atoms with Crippen LogP contribution >= 0.6 is 11.6 Å². The number of aryl methyl sites for hydroxylation is 1. The second kappa shape index (κ2) is 13.8. The number of halogens is 1. The number of sulfonamides is 1. The molecule has 1 N–H and O–H groups in total. The van der Waals surface area contributed by atoms with Gasteiger partial charge in [-0.1, -0.05) is 31.0 Å². The molecule has 7 rings (SSSR count). The molecule has 1 saturated carbocycles. The molecule has 2 aliphatic carbocycles. The van der Waals surface area contributed by atoms with Gasteiger partial charge >= 0.3 is 0 Å². The van der Waals surface area contributed by atoms with E-state index in [1.807, 2.05) is 32.2 Å². The standard InChI is InChI=1S/C40H57ClN4O5S/c1-27-9-7-18-40(49-6,25-44-22-38(3,23-44)43(4)5)34-14-11-31(34)21-45-24-39(17-8-10-29-19-32(41)13-15-33(29)39)26-50-36-16-12-30(20-35(36)45)37(46)42-51(47,48)28(27)2/h12-13,15-16,19-20,27-28,31,34H,7-11,14,17-18,21-26H2,1-6H3,(H,42,46)/t27-,28+,31-,34+,39-,40-/m0/s1. The van der Waals surface area contributed by atoms with Gasteiger partial charge in [-0.2, -0.15) is 0 Å². The lowest BCUT2D eigenvalue weighted by Crippen LogP contribution is -2.70. The van der Waals surface area contributed by atoms with Crippen LogP contribution in [-0.2, 0) is 26.6 Å². The van der Waals surface area contributed by atoms with Gasteiger partial charge in [-0.25, -0.2) is 13.1 Å². The van der Waals surface area contributed by atoms with E-state index < -0.39 is 21.2 Å². The van der Waals surface area contributed by atoms with Gasteiger partial charge in [0.05, 0.1) is 23.1 Å². The monoisotopic (exact) mass is 740 g/mol. The van der Waals surface area contributed by atoms with Gasteiger partial charge in [0.25, 0.3) is 5.91 Å². The van der Waals surface area contributed by atoms with Crippen LogP contribution in [-0.4, -0.2) is 101 Å². The molecule has 3 heterocycles. The third kappa shape index (κ3) is 6.82. The average molecular weight is 741 g/mol. The Bertz CT molecular complexity index is 1750. The number of methoxy groups -OCH3 is 1. The SMILES string of the molecule is CO[C@]1(CN2CC(C)(N(C)C)C2)CCC[C@H](C)[C@@H](C)S(=O)(=O)NC(=O)c2ccc3c(c2)N(C[C@@H]2CC[C@H]21)C[C@@]1(CCCc2cc(Cl)ccc21)CO3. The molecule has 280 valence electrons. The first-order chi connectivity index (χ1) is 24.2. The van der Waals surface area contributed by atoms with E-state index in [1.54, 1.807) is 13.0 Å². The van der Waals surface area contributed by atoms with Crippen LogP contribution in [0.25, 0.3) is 0 Å². The number of fused-ring (bicyclic) bond motifs is 4. The summed E-state index contributed by atoms with van der Waals surface area (Å²) < 4.78 is 43.0. The van der Waals surface area contributed by atoms with Gasteiger partial charge in [0.2, 0.25) is 10.0 Å². The Morgan fingerprint density at radius 1 is 1.04 bits per heavy atom. The van der Waals surface area contributed by atoms with Gasteiger partial charge in [0, 0.05) is 61.4 Å². The van der Waals surface area contributed by atoms with Crippen molar-refractivity contribution in [3.63, 3.8) is 0 Å². The first kappa shape index (κ1) is 37.0. The molecule has 0 radical (unpaired) electrons. The van der Waals surface area contributed by atoms with Gasteiger partial charge < -0.3 is 19.3 Å². The Morgan fingerprint density at radius 3 is 2.53 bits per heavy atom. The van der Waals surface area contributed by atoms with Crippen molar-refractivity contribution < 1.29 is 22.7 Å². The summed E-state index contributed by atoms with van der Waals surface area (Å²) in [5.41, 5.74) is 3.31. The topological polar surface area (TPSA) is 91.4 Å². The quantitative estimate of drug-likeness (QED) is 0.401. The molecular formula is C40H57ClN4O5S. The summed E-state index contributed by atoms with van der Waals surface area (Å²) in [6, 6.07) is 11.7. The Kier molecular flexibility index (Phi) is 10.0. The Hall–Kier alpha value is -2.37. The zero-order valence-corrected chi connectivity index (χ0v) is 32.9. The summed E-state index contributed by atoms with van der Waals surface area (Å²) >= 11 is 6.50. The van der Waals surface area contributed by atoms with Gasteiger partial charge in [0.15, 0.2) is 0 Å². The van der Waals surface area contributed by atoms with E-state index >= 15 is 0 Å². The third-order valence-electron chi connectivity index (χ3n) is 13.7. The largest absolute Gasteiger partial charge is 0.490 e. The van der Waals surface area contributed by atoms with Crippen LogP contribution in [0, 0.1) is 17.8 Å². The highest BCUT2D eigenvalue weighted by atomic mass is 35.5. The number of likely N-dealkylation sites (tertiary alicyclic amines) is 1. The number of carbonyl (C=O) groups is 1. The van der Waals surface area contributed by atoms with Gasteiger partial charge in [0.1, 0.15) is 5.75 Å². The highest BCUT2D eigenvalue weighted by Crippen LogP contribution is 2.50. The summed E-state index contributed by atoms with van der Waals surface area (Å²) in [5.74, 6) is 0.749. The summed E-state index contributed by atoms with van der Waals surface area (Å²) in [5, 5.41) is 0.0311. The summed E-state index contributed by atoms with van der Waals surface area (Å²) in [4.78, 5) is 21.0. The van der Waals surface area contributed by atoms with Gasteiger partial charge in [-0.3, -0.25) is 9.69 Å². The zero-order chi connectivity index (χ0) is 36.3. The van der Waals surface area contributed by atoms with Crippen LogP contribution in [0.2, 0.25) is 5.02 Å². The smallest absolute Gasteiger partial charge is 0.264 e. The van der Waals surface area contributed by atoms with Crippen molar-refractivity contribution in [2.24, 2.45) is 17.8 Å². The molecule has 3 aliphatic heterocycles. The van der Waals surface area contributed by atoms with Crippen molar-refractivity contribution >= 4 is 33.2 Å². The molecule has 1 amide bonds. The van der Waals surface area contributed by atoms with Crippen molar-refractivity contribution in [1.29, 1.82) is 0 Å². The van der Waals surface area contributed by atoms with E-state index in [1.165, 1.54) is 11.1 Å². The number of anilines is 1. The number of nitrogens with zero attached hydrogens (tertiary/aromatic N) is 3. The zero-order valence-electron chi connectivity index (χ0n) is 31.3. The highest BCUT2D eigenvalue weighted by molar-refractivity contribution is 7.90. The molecule has 2 aromatic carbocycles. The Labute approximate surface area is 310 Å². The van der Waals surface area contributed by atoms with Crippen molar-refractivity contribution in [1.82, 2.24) is 14.5 Å². The maximum absolute atomic E-state index is 13.6. The molecule has 5 aliphatic rings. The second-order valence-electron chi connectivity index (χ2n) is 17.1. The number of hydrogen-bond acceptors (Lipinski definition) is 8. The van der Waals surface area contributed by atoms with E-state index in [2.05, 4.69) is 52.6 Å². The number of likely N-dealkylation sites (N-methyl/N-ethyl adjacent to an activating group) is 1. The van der Waals surface area contributed by atoms with Crippen LogP contribution in [0.15, 0.2) is 36.4 Å². The normalized spacial score (nSPS) is 33.6. The minimum atomic E-state index is -3.91. The first-order valence-corrected chi connectivity index (χ1v) is 20.9. The van der Waals surface area contributed by atoms with E-state index in [4.69, 9.17) is 21.1 Å². The lowest BCUT2D eigenvalue weighted by atomic mass is 9.62. The highest BCUT2D eigenvalue weighted by Gasteiger charge is 2.53. The molecule has 2 bridgehead atoms. The molecule has 2 aromatic rings. The minimum Gasteiger partial charge on any atom is -0.490 e. The average Bonchev–Trinajstić information content (AvgIpc) is 3.21. The number of hydrogen-bond donors (Lipinski definition) is 1. The number of amides is 1. The molecule has 0 aromatic heterocycles. The second-order valence-corrected chi connectivity index (χ2v) is 19.6. The number of rotatable bonds is 4. The number of benzene rings is 2. The van der Waals surface area contributed by atoms with Crippen molar-refractivity contribution in [3.8, 4) is 5.75 Å². The molecule has 1 spiro atoms. The van der Waals surface area contributed by atoms with Crippen LogP contribution in [0.1, 0.15) is 87.2 Å².